The Kier molecular flexibility index (Phi) is 4.33. The van der Waals surface area contributed by atoms with Crippen molar-refractivity contribution in [2.75, 3.05) is 5.32 Å². The van der Waals surface area contributed by atoms with Gasteiger partial charge in [0.1, 0.15) is 12.1 Å². The molecule has 3 N–H and O–H groups in total. The molecule has 3 rings (SSSR count). The van der Waals surface area contributed by atoms with Crippen LogP contribution in [0.15, 0.2) is 47.2 Å². The van der Waals surface area contributed by atoms with Crippen molar-refractivity contribution in [2.45, 2.75) is 13.2 Å². The van der Waals surface area contributed by atoms with E-state index in [1.54, 1.807) is 12.1 Å². The van der Waals surface area contributed by atoms with Gasteiger partial charge in [-0.15, -0.1) is 0 Å². The fraction of sp³-hybridized carbons (Fsp3) is 0.125. The van der Waals surface area contributed by atoms with Crippen LogP contribution in [0, 0.1) is 0 Å². The van der Waals surface area contributed by atoms with Gasteiger partial charge >= 0.3 is 0 Å². The van der Waals surface area contributed by atoms with E-state index in [0.717, 1.165) is 15.5 Å². The lowest BCUT2D eigenvalue weighted by Crippen LogP contribution is -2.00. The van der Waals surface area contributed by atoms with Gasteiger partial charge in [-0.05, 0) is 41.5 Å². The maximum absolute atomic E-state index is 9.45. The molecule has 0 fully saturated rings. The number of aliphatic hydroxyl groups is 2. The van der Waals surface area contributed by atoms with Crippen molar-refractivity contribution >= 4 is 38.3 Å². The number of aliphatic hydroxyl groups excluding tert-OH is 2. The first kappa shape index (κ1) is 14.9. The minimum Gasteiger partial charge on any atom is -0.392 e. The van der Waals surface area contributed by atoms with Crippen molar-refractivity contribution in [3.63, 3.8) is 0 Å². The number of benzene rings is 2. The van der Waals surface area contributed by atoms with E-state index in [-0.39, 0.29) is 13.2 Å². The highest BCUT2D eigenvalue weighted by molar-refractivity contribution is 9.10. The Balaban J connectivity index is 2.09. The van der Waals surface area contributed by atoms with Gasteiger partial charge in [-0.3, -0.25) is 0 Å². The zero-order valence-corrected chi connectivity index (χ0v) is 13.2. The Morgan fingerprint density at radius 2 is 1.77 bits per heavy atom. The number of hydrogen-bond acceptors (Lipinski definition) is 5. The molecular weight excluding hydrogens is 346 g/mol. The van der Waals surface area contributed by atoms with Crippen molar-refractivity contribution < 1.29 is 10.2 Å². The molecule has 112 valence electrons. The fourth-order valence-corrected chi connectivity index (χ4v) is 2.69. The second kappa shape index (κ2) is 6.39. The van der Waals surface area contributed by atoms with E-state index in [2.05, 4.69) is 31.2 Å². The van der Waals surface area contributed by atoms with E-state index in [1.807, 2.05) is 24.3 Å². The number of aromatic nitrogens is 2. The van der Waals surface area contributed by atoms with Crippen LogP contribution in [-0.2, 0) is 13.2 Å². The van der Waals surface area contributed by atoms with E-state index in [1.165, 1.54) is 6.33 Å². The molecule has 0 aliphatic carbocycles. The van der Waals surface area contributed by atoms with Crippen molar-refractivity contribution in [3.8, 4) is 0 Å². The van der Waals surface area contributed by atoms with Crippen molar-refractivity contribution in [1.82, 2.24) is 9.97 Å². The van der Waals surface area contributed by atoms with Gasteiger partial charge < -0.3 is 15.5 Å². The summed E-state index contributed by atoms with van der Waals surface area (Å²) in [6, 6.07) is 11.3. The van der Waals surface area contributed by atoms with Crippen LogP contribution in [0.1, 0.15) is 11.1 Å². The normalized spacial score (nSPS) is 10.9. The summed E-state index contributed by atoms with van der Waals surface area (Å²) in [6.07, 6.45) is 1.47. The van der Waals surface area contributed by atoms with E-state index >= 15 is 0 Å². The molecule has 3 aromatic rings. The van der Waals surface area contributed by atoms with Gasteiger partial charge in [-0.2, -0.15) is 0 Å². The van der Waals surface area contributed by atoms with Crippen LogP contribution in [0.4, 0.5) is 11.5 Å². The van der Waals surface area contributed by atoms with Crippen LogP contribution < -0.4 is 5.32 Å². The topological polar surface area (TPSA) is 78.3 Å². The summed E-state index contributed by atoms with van der Waals surface area (Å²) in [4.78, 5) is 8.51. The van der Waals surface area contributed by atoms with Gasteiger partial charge in [0.25, 0.3) is 0 Å². The van der Waals surface area contributed by atoms with Gasteiger partial charge in [0, 0.05) is 15.5 Å². The Morgan fingerprint density at radius 1 is 1.00 bits per heavy atom. The Labute approximate surface area is 135 Å². The molecule has 0 aliphatic rings. The van der Waals surface area contributed by atoms with Gasteiger partial charge in [-0.1, -0.05) is 22.0 Å². The Morgan fingerprint density at radius 3 is 2.50 bits per heavy atom. The smallest absolute Gasteiger partial charge is 0.141 e. The summed E-state index contributed by atoms with van der Waals surface area (Å²) in [5.74, 6) is 0.655. The van der Waals surface area contributed by atoms with Crippen molar-refractivity contribution in [1.29, 1.82) is 0 Å². The second-order valence-electron chi connectivity index (χ2n) is 4.81. The molecule has 0 spiro atoms. The Bertz CT molecular complexity index is 824. The molecule has 1 aromatic heterocycles. The molecule has 0 bridgehead atoms. The van der Waals surface area contributed by atoms with E-state index < -0.39 is 0 Å². The van der Waals surface area contributed by atoms with Crippen molar-refractivity contribution in [3.05, 3.63) is 58.3 Å². The molecule has 6 heteroatoms. The first-order chi connectivity index (χ1) is 10.7. The van der Waals surface area contributed by atoms with Crippen LogP contribution in [0.5, 0.6) is 0 Å². The molecular formula is C16H14BrN3O2. The Hall–Kier alpha value is -2.02. The first-order valence-corrected chi connectivity index (χ1v) is 7.51. The molecule has 22 heavy (non-hydrogen) atoms. The number of rotatable bonds is 4. The third-order valence-corrected chi connectivity index (χ3v) is 3.88. The van der Waals surface area contributed by atoms with Crippen LogP contribution in [-0.4, -0.2) is 20.2 Å². The monoisotopic (exact) mass is 359 g/mol. The molecule has 0 atom stereocenters. The molecule has 1 heterocycles. The fourth-order valence-electron chi connectivity index (χ4n) is 2.29. The maximum Gasteiger partial charge on any atom is 0.141 e. The molecule has 2 aromatic carbocycles. The summed E-state index contributed by atoms with van der Waals surface area (Å²) >= 11 is 3.43. The molecule has 0 saturated heterocycles. The average Bonchev–Trinajstić information content (AvgIpc) is 2.54. The summed E-state index contributed by atoms with van der Waals surface area (Å²) < 4.78 is 0.967. The highest BCUT2D eigenvalue weighted by Crippen LogP contribution is 2.27. The zero-order chi connectivity index (χ0) is 15.5. The predicted octanol–water partition coefficient (Wildman–Crippen LogP) is 3.12. The lowest BCUT2D eigenvalue weighted by molar-refractivity contribution is 0.260. The standard InChI is InChI=1S/C16H14BrN3O2/c17-12-2-1-3-13(6-12)20-16-14-4-10(7-21)11(8-22)5-15(14)18-9-19-16/h1-6,9,21-22H,7-8H2,(H,18,19,20). The van der Waals surface area contributed by atoms with E-state index in [0.29, 0.717) is 22.5 Å². The highest BCUT2D eigenvalue weighted by atomic mass is 79.9. The first-order valence-electron chi connectivity index (χ1n) is 6.72. The zero-order valence-electron chi connectivity index (χ0n) is 11.6. The molecule has 0 aliphatic heterocycles. The number of anilines is 2. The minimum atomic E-state index is -0.142. The number of halogens is 1. The molecule has 0 amide bonds. The minimum absolute atomic E-state index is 0.135. The van der Waals surface area contributed by atoms with Gasteiger partial charge in [0.2, 0.25) is 0 Å². The highest BCUT2D eigenvalue weighted by Gasteiger charge is 2.09. The van der Waals surface area contributed by atoms with E-state index in [4.69, 9.17) is 0 Å². The largest absolute Gasteiger partial charge is 0.392 e. The quantitative estimate of drug-likeness (QED) is 0.666. The SMILES string of the molecule is OCc1cc2ncnc(Nc3cccc(Br)c3)c2cc1CO. The second-order valence-corrected chi connectivity index (χ2v) is 5.73. The summed E-state index contributed by atoms with van der Waals surface area (Å²) in [7, 11) is 0. The number of nitrogens with one attached hydrogen (secondary N) is 1. The van der Waals surface area contributed by atoms with Gasteiger partial charge in [0.05, 0.1) is 18.7 Å². The lowest BCUT2D eigenvalue weighted by atomic mass is 10.0. The number of hydrogen-bond donors (Lipinski definition) is 3. The third-order valence-electron chi connectivity index (χ3n) is 3.38. The number of fused-ring (bicyclic) bond motifs is 1. The average molecular weight is 360 g/mol. The van der Waals surface area contributed by atoms with E-state index in [9.17, 15) is 10.2 Å². The maximum atomic E-state index is 9.45. The summed E-state index contributed by atoms with van der Waals surface area (Å²) in [5.41, 5.74) is 2.95. The lowest BCUT2D eigenvalue weighted by Gasteiger charge is -2.11. The van der Waals surface area contributed by atoms with Crippen LogP contribution in [0.3, 0.4) is 0 Å². The summed E-state index contributed by atoms with van der Waals surface area (Å²) in [6.45, 7) is -0.277. The predicted molar refractivity (Wildman–Crippen MR) is 88.8 cm³/mol. The molecule has 0 radical (unpaired) electrons. The molecule has 0 unspecified atom stereocenters. The van der Waals surface area contributed by atoms with Crippen LogP contribution in [0.2, 0.25) is 0 Å². The van der Waals surface area contributed by atoms with Crippen LogP contribution in [0.25, 0.3) is 10.9 Å². The summed E-state index contributed by atoms with van der Waals surface area (Å²) in [5, 5.41) is 22.9. The van der Waals surface area contributed by atoms with Gasteiger partial charge in [0.15, 0.2) is 0 Å². The third kappa shape index (κ3) is 2.94. The number of nitrogens with zero attached hydrogens (tertiary/aromatic N) is 2. The van der Waals surface area contributed by atoms with Gasteiger partial charge in [-0.25, -0.2) is 9.97 Å². The molecule has 5 nitrogen and oxygen atoms in total. The van der Waals surface area contributed by atoms with Crippen LogP contribution >= 0.6 is 15.9 Å². The molecule has 0 saturated carbocycles. The van der Waals surface area contributed by atoms with Crippen molar-refractivity contribution in [2.24, 2.45) is 0 Å².